The molecule has 9 aromatic heterocycles. The van der Waals surface area contributed by atoms with Crippen LogP contribution in [-0.4, -0.2) is 155 Å². The Morgan fingerprint density at radius 2 is 0.837 bits per heavy atom. The lowest BCUT2D eigenvalue weighted by atomic mass is 9.96. The number of aromatic amines is 4. The molecule has 0 bridgehead atoms. The molecule has 0 saturated carbocycles. The number of H-pyrrole nitrogens is 4. The third-order valence-corrected chi connectivity index (χ3v) is 26.4. The molecule has 20 rings (SSSR count). The minimum Gasteiger partial charge on any atom is -0.508 e. The number of carboxylic acids is 5. The number of fused-ring (bicyclic) bond motifs is 19. The summed E-state index contributed by atoms with van der Waals surface area (Å²) in [6.45, 7) is 15.6. The highest BCUT2D eigenvalue weighted by molar-refractivity contribution is 6.31. The summed E-state index contributed by atoms with van der Waals surface area (Å²) in [6.07, 6.45) is 9.78. The topological polar surface area (TPSA) is 538 Å². The van der Waals surface area contributed by atoms with E-state index in [0.29, 0.717) is 87.2 Å². The van der Waals surface area contributed by atoms with Crippen LogP contribution in [0.15, 0.2) is 175 Å². The molecule has 0 radical (unpaired) electrons. The molecule has 0 spiro atoms. The van der Waals surface area contributed by atoms with Gasteiger partial charge in [0.05, 0.1) is 35.0 Å². The van der Waals surface area contributed by atoms with E-state index < -0.39 is 121 Å². The third kappa shape index (κ3) is 18.1. The summed E-state index contributed by atoms with van der Waals surface area (Å²) in [5.74, 6) is -9.54. The average molecular weight is 1930 g/mol. The van der Waals surface area contributed by atoms with Crippen LogP contribution in [0, 0.1) is 0 Å². The number of benzene rings is 6. The van der Waals surface area contributed by atoms with E-state index in [0.717, 1.165) is 156 Å². The number of aliphatic hydroxyl groups excluding tert-OH is 2. The van der Waals surface area contributed by atoms with E-state index in [2.05, 4.69) is 93.0 Å². The van der Waals surface area contributed by atoms with Gasteiger partial charge in [0.1, 0.15) is 46.2 Å². The number of aromatic nitrogens is 9. The van der Waals surface area contributed by atoms with E-state index in [1.54, 1.807) is 30.3 Å². The number of aromatic hydroxyl groups is 4. The number of hydrogen-bond donors (Lipinski definition) is 19. The first-order valence-electron chi connectivity index (χ1n) is 45.1. The molecule has 0 saturated heterocycles. The van der Waals surface area contributed by atoms with Crippen molar-refractivity contribution in [3.05, 3.63) is 314 Å². The number of ether oxygens (including phenoxy) is 1. The minimum atomic E-state index is -1.58. The summed E-state index contributed by atoms with van der Waals surface area (Å²) in [7, 11) is 9.82. The molecule has 1 unspecified atom stereocenters. The zero-order valence-corrected chi connectivity index (χ0v) is 78.9. The van der Waals surface area contributed by atoms with Crippen molar-refractivity contribution in [1.29, 1.82) is 0 Å². The van der Waals surface area contributed by atoms with Gasteiger partial charge in [-0.05, 0) is 185 Å². The number of aryl methyl sites for hydroxylation is 4. The molecular formula is C105H100ClN13O22. The summed E-state index contributed by atoms with van der Waals surface area (Å²) in [4.78, 5) is 130. The van der Waals surface area contributed by atoms with Crippen LogP contribution >= 0.6 is 11.6 Å². The van der Waals surface area contributed by atoms with Crippen molar-refractivity contribution in [1.82, 2.24) is 64.0 Å². The fourth-order valence-electron chi connectivity index (χ4n) is 18.9. The van der Waals surface area contributed by atoms with Gasteiger partial charge >= 0.3 is 29.8 Å². The highest BCUT2D eigenvalue weighted by atomic mass is 35.5. The molecule has 1 aliphatic heterocycles. The third-order valence-electron chi connectivity index (χ3n) is 26.1. The van der Waals surface area contributed by atoms with Crippen LogP contribution in [0.1, 0.15) is 171 Å². The lowest BCUT2D eigenvalue weighted by molar-refractivity contribution is 0.0680. The predicted octanol–water partition coefficient (Wildman–Crippen LogP) is 14.6. The first kappa shape index (κ1) is 97.4. The van der Waals surface area contributed by atoms with Crippen molar-refractivity contribution < 1.29 is 84.9 Å². The van der Waals surface area contributed by atoms with Gasteiger partial charge in [0.15, 0.2) is 28.0 Å². The highest BCUT2D eigenvalue weighted by Crippen LogP contribution is 2.48. The van der Waals surface area contributed by atoms with E-state index in [9.17, 15) is 104 Å². The monoisotopic (exact) mass is 1930 g/mol. The maximum absolute atomic E-state index is 13.0. The summed E-state index contributed by atoms with van der Waals surface area (Å²) < 4.78 is 15.8. The van der Waals surface area contributed by atoms with Crippen molar-refractivity contribution >= 4 is 109 Å². The van der Waals surface area contributed by atoms with E-state index >= 15 is 0 Å². The van der Waals surface area contributed by atoms with Crippen LogP contribution in [0.25, 0.3) is 123 Å². The highest BCUT2D eigenvalue weighted by Gasteiger charge is 2.35. The quantitative estimate of drug-likeness (QED) is 0.0379. The number of nitrogens with zero attached hydrogens (tertiary/aromatic N) is 5. The Bertz CT molecular complexity index is 8250. The Morgan fingerprint density at radius 1 is 0.447 bits per heavy atom. The van der Waals surface area contributed by atoms with E-state index in [4.69, 9.17) is 16.3 Å². The van der Waals surface area contributed by atoms with Crippen LogP contribution in [0.5, 0.6) is 28.7 Å². The summed E-state index contributed by atoms with van der Waals surface area (Å²) in [6, 6.07) is 39.9. The number of carboxylic acid groups (broad SMARTS) is 5. The standard InChI is InChI=1S/C22H23N3O4.C21H16ClNO4.C21H21N3O6.C21H21N3O4.C20H19N3O4/c1-4-23-10-13-7-12-8-16-15(9-17(12)25(13)3)11(2)5-6-14-19(16)24-21(27)18(20(14)26)22(28)29;1-12-16-10-17(21(25)26)20(24)23(11-13-5-3-2-4-6-13)19(16)15-8-7-14(22)9-18(15)27-12;1-3-22-8-10-4-9-5-11-12(6-14(9)24(10)2)18(26)15(25)7-13-17(11)23-20(28)16(19(13)27)21(29)30;1-3-22-10-13-7-12-8-15-11(9-16(12)24(13)2)5-4-6-14-18(15)23-20(26)17(19(14)25)21(27)28;1-21-9-12-6-11-7-14-10(8-15(11)23(12)2)4-3-5-13-17(14)22-19(25)16(18(13)24)20(26)27/h5,7-9,23H,4,6,10H2,1-3H3,(H,28,29)(H2,24,26,27);2-10,12H,11H2,1H3,(H,25,26);4-6,22,25-26H,3,7-8H2,1-2H3,(H,29,30)(H2,23,27,28);4-5,7-9,22H,3,6,10H2,1-2H3,(H,27,28)(H2,23,25,26);3-4,6-8,21H,5,9H2,1-2H3,(H,26,27)(H2,22,24,25). The number of pyridine rings is 5. The zero-order chi connectivity index (χ0) is 101. The Balaban J connectivity index is 0.000000127. The molecule has 6 aromatic carbocycles. The maximum Gasteiger partial charge on any atom is 0.345 e. The van der Waals surface area contributed by atoms with Crippen molar-refractivity contribution in [2.24, 2.45) is 28.2 Å². The van der Waals surface area contributed by atoms with Crippen LogP contribution in [-0.2, 0) is 86.6 Å². The largest absolute Gasteiger partial charge is 0.508 e. The van der Waals surface area contributed by atoms with Gasteiger partial charge in [-0.1, -0.05) is 93.1 Å². The molecule has 4 aliphatic carbocycles. The average Bonchev–Trinajstić information content (AvgIpc) is 1.55. The number of carbonyl (C=O) groups is 5. The summed E-state index contributed by atoms with van der Waals surface area (Å²) in [5, 5.41) is 127. The SMILES string of the molecule is CC1Oc2cc(Cl)ccc2-c2c1cc(C(=O)O)c(=O)n2Cc1ccccc1.CCNCc1cc2cc3c(cc2n1C)C(C)=CCc1c-3[nH]c(=O)c(C(=O)O)c1O.CCNCc1cc2cc3c(cc2n1C)C(O)=C(O)Cc1c-3[nH]c(=O)c(C(=O)O)c1O.CCNCc1cc2cc3c(cc2n1C)C=CCc1c-3[nH]c(=O)c(C(=O)O)c1O.CNCc1cc2cc3c(cc2n1C)C=CCc1c-3[nH]c(=O)c(C(=O)O)c1O. The van der Waals surface area contributed by atoms with Crippen LogP contribution in [0.2, 0.25) is 5.02 Å². The van der Waals surface area contributed by atoms with E-state index in [-0.39, 0.29) is 35.3 Å². The smallest absolute Gasteiger partial charge is 0.345 e. The molecule has 1 atom stereocenters. The summed E-state index contributed by atoms with van der Waals surface area (Å²) in [5.41, 5.74) is 14.0. The van der Waals surface area contributed by atoms with Gasteiger partial charge in [0, 0.05) is 193 Å². The van der Waals surface area contributed by atoms with Gasteiger partial charge in [0.2, 0.25) is 0 Å². The summed E-state index contributed by atoms with van der Waals surface area (Å²) >= 11 is 6.09. The molecule has 35 nitrogen and oxygen atoms in total. The Hall–Kier alpha value is -16.7. The van der Waals surface area contributed by atoms with Gasteiger partial charge in [-0.25, -0.2) is 24.0 Å². The van der Waals surface area contributed by atoms with Crippen LogP contribution < -0.4 is 53.8 Å². The lowest BCUT2D eigenvalue weighted by Crippen LogP contribution is -2.31. The number of rotatable bonds is 18. The molecule has 19 N–H and O–H groups in total. The molecule has 0 amide bonds. The molecule has 5 aliphatic rings. The predicted molar refractivity (Wildman–Crippen MR) is 537 cm³/mol. The van der Waals surface area contributed by atoms with Crippen molar-refractivity contribution in [3.63, 3.8) is 0 Å². The van der Waals surface area contributed by atoms with Crippen molar-refractivity contribution in [2.45, 2.75) is 99.1 Å². The number of allylic oxidation sites excluding steroid dienone is 5. The Labute approximate surface area is 806 Å². The molecule has 15 aromatic rings. The fraction of sp³-hybridized carbons (Fsp3) is 0.219. The van der Waals surface area contributed by atoms with Crippen LogP contribution in [0.4, 0.5) is 0 Å². The van der Waals surface area contributed by atoms with Gasteiger partial charge in [0.25, 0.3) is 27.8 Å². The maximum atomic E-state index is 13.0. The van der Waals surface area contributed by atoms with Gasteiger partial charge in [-0.15, -0.1) is 0 Å². The number of aliphatic hydroxyl groups is 2. The molecule has 141 heavy (non-hydrogen) atoms. The zero-order valence-electron chi connectivity index (χ0n) is 78.1. The Morgan fingerprint density at radius 3 is 1.26 bits per heavy atom. The second kappa shape index (κ2) is 39.4. The van der Waals surface area contributed by atoms with Gasteiger partial charge in [-0.2, -0.15) is 0 Å². The first-order valence-corrected chi connectivity index (χ1v) is 45.5. The number of aromatic carboxylic acids is 5. The van der Waals surface area contributed by atoms with Gasteiger partial charge < -0.3 is 125 Å². The lowest BCUT2D eigenvalue weighted by Gasteiger charge is -2.29. The van der Waals surface area contributed by atoms with Crippen LogP contribution in [0.3, 0.4) is 0 Å². The number of hydrogen-bond acceptors (Lipinski definition) is 21. The Kier molecular flexibility index (Phi) is 27.2. The molecule has 724 valence electrons. The van der Waals surface area contributed by atoms with E-state index in [1.165, 1.54) is 10.6 Å². The second-order valence-corrected chi connectivity index (χ2v) is 35.1. The minimum absolute atomic E-state index is 0.0259. The fourth-order valence-corrected chi connectivity index (χ4v) is 19.0. The second-order valence-electron chi connectivity index (χ2n) is 34.6. The molecule has 10 heterocycles. The van der Waals surface area contributed by atoms with Crippen molar-refractivity contribution in [3.8, 4) is 85.0 Å². The first-order chi connectivity index (χ1) is 67.4. The molecule has 36 heteroatoms. The normalized spacial score (nSPS) is 13.3. The molecule has 0 fully saturated rings. The number of nitrogens with one attached hydrogen (secondary N) is 8. The van der Waals surface area contributed by atoms with E-state index in [1.807, 2.05) is 158 Å². The van der Waals surface area contributed by atoms with Gasteiger partial charge in [-0.3, -0.25) is 24.0 Å². The molecular weight excluding hydrogens is 1830 g/mol. The number of halogens is 1. The van der Waals surface area contributed by atoms with Crippen molar-refractivity contribution in [2.75, 3.05) is 26.7 Å².